The first-order chi connectivity index (χ1) is 14.5. The highest BCUT2D eigenvalue weighted by atomic mass is 35.5. The van der Waals surface area contributed by atoms with E-state index in [4.69, 9.17) is 11.6 Å². The number of nitrogens with zero attached hydrogens (tertiary/aromatic N) is 3. The van der Waals surface area contributed by atoms with Crippen molar-refractivity contribution in [2.45, 2.75) is 13.5 Å². The zero-order valence-corrected chi connectivity index (χ0v) is 17.6. The van der Waals surface area contributed by atoms with Gasteiger partial charge in [0.2, 0.25) is 5.91 Å². The van der Waals surface area contributed by atoms with E-state index in [-0.39, 0.29) is 11.5 Å². The molecule has 150 valence electrons. The van der Waals surface area contributed by atoms with E-state index in [9.17, 15) is 14.9 Å². The van der Waals surface area contributed by atoms with Crippen molar-refractivity contribution in [2.24, 2.45) is 0 Å². The number of carbonyl (C=O) groups excluding carboxylic acids is 2. The van der Waals surface area contributed by atoms with Gasteiger partial charge in [-0.2, -0.15) is 5.26 Å². The summed E-state index contributed by atoms with van der Waals surface area (Å²) in [6.45, 7) is 1.74. The van der Waals surface area contributed by atoms with Crippen molar-refractivity contribution in [3.8, 4) is 6.07 Å². The molecule has 1 heterocycles. The molecule has 0 unspecified atom stereocenters. The third kappa shape index (κ3) is 5.32. The van der Waals surface area contributed by atoms with Gasteiger partial charge in [0.15, 0.2) is 5.13 Å². The monoisotopic (exact) mass is 436 g/mol. The van der Waals surface area contributed by atoms with Crippen LogP contribution in [0, 0.1) is 11.3 Å². The molecule has 6 nitrogen and oxygen atoms in total. The zero-order chi connectivity index (χ0) is 21.5. The minimum absolute atomic E-state index is 0.0695. The number of halogens is 1. The zero-order valence-electron chi connectivity index (χ0n) is 16.0. The van der Waals surface area contributed by atoms with Crippen LogP contribution in [-0.2, 0) is 16.1 Å². The van der Waals surface area contributed by atoms with Crippen molar-refractivity contribution in [1.82, 2.24) is 10.3 Å². The molecule has 3 aromatic rings. The molecule has 0 bridgehead atoms. The van der Waals surface area contributed by atoms with Crippen molar-refractivity contribution >= 4 is 51.6 Å². The number of hydrogen-bond acceptors (Lipinski definition) is 5. The van der Waals surface area contributed by atoms with Gasteiger partial charge in [-0.1, -0.05) is 48.0 Å². The smallest absolute Gasteiger partial charge is 0.262 e. The van der Waals surface area contributed by atoms with Crippen molar-refractivity contribution in [1.29, 1.82) is 5.26 Å². The second kappa shape index (κ2) is 9.83. The van der Waals surface area contributed by atoms with Crippen molar-refractivity contribution in [3.63, 3.8) is 0 Å². The fourth-order valence-corrected chi connectivity index (χ4v) is 3.69. The maximum absolute atomic E-state index is 12.4. The van der Waals surface area contributed by atoms with Gasteiger partial charge < -0.3 is 5.32 Å². The lowest BCUT2D eigenvalue weighted by atomic mass is 10.2. The van der Waals surface area contributed by atoms with Crippen LogP contribution < -0.4 is 10.2 Å². The molecule has 0 aliphatic heterocycles. The fraction of sp³-hybridized carbons (Fsp3) is 0.0909. The summed E-state index contributed by atoms with van der Waals surface area (Å²) in [6.07, 6.45) is 1.40. The summed E-state index contributed by atoms with van der Waals surface area (Å²) in [5.74, 6) is -0.725. The number of rotatable bonds is 6. The Kier molecular flexibility index (Phi) is 6.96. The Balaban J connectivity index is 1.79. The minimum Gasteiger partial charge on any atom is -0.347 e. The largest absolute Gasteiger partial charge is 0.347 e. The quantitative estimate of drug-likeness (QED) is 0.448. The topological polar surface area (TPSA) is 86.1 Å². The van der Waals surface area contributed by atoms with Crippen LogP contribution in [0.1, 0.15) is 18.2 Å². The lowest BCUT2D eigenvalue weighted by Crippen LogP contribution is -2.24. The van der Waals surface area contributed by atoms with Crippen LogP contribution in [0.4, 0.5) is 10.8 Å². The molecule has 0 saturated carbocycles. The number of amides is 2. The van der Waals surface area contributed by atoms with E-state index in [2.05, 4.69) is 10.3 Å². The molecule has 0 radical (unpaired) electrons. The molecule has 30 heavy (non-hydrogen) atoms. The summed E-state index contributed by atoms with van der Waals surface area (Å²) >= 11 is 7.26. The average molecular weight is 437 g/mol. The van der Waals surface area contributed by atoms with Gasteiger partial charge in [0.1, 0.15) is 11.6 Å². The summed E-state index contributed by atoms with van der Waals surface area (Å²) < 4.78 is 0. The summed E-state index contributed by atoms with van der Waals surface area (Å²) in [5.41, 5.74) is 1.85. The molecule has 0 atom stereocenters. The van der Waals surface area contributed by atoms with Gasteiger partial charge in [-0.05, 0) is 29.8 Å². The normalized spacial score (nSPS) is 10.9. The van der Waals surface area contributed by atoms with E-state index < -0.39 is 5.91 Å². The second-order valence-corrected chi connectivity index (χ2v) is 7.50. The van der Waals surface area contributed by atoms with E-state index >= 15 is 0 Å². The van der Waals surface area contributed by atoms with E-state index in [1.54, 1.807) is 29.6 Å². The number of nitrogens with one attached hydrogen (secondary N) is 1. The molecule has 0 fully saturated rings. The maximum Gasteiger partial charge on any atom is 0.262 e. The average Bonchev–Trinajstić information content (AvgIpc) is 3.19. The van der Waals surface area contributed by atoms with Crippen LogP contribution in [0.15, 0.2) is 65.6 Å². The Morgan fingerprint density at radius 1 is 1.23 bits per heavy atom. The van der Waals surface area contributed by atoms with Crippen molar-refractivity contribution in [3.05, 3.63) is 81.8 Å². The van der Waals surface area contributed by atoms with Gasteiger partial charge in [-0.25, -0.2) is 4.98 Å². The van der Waals surface area contributed by atoms with Crippen molar-refractivity contribution < 1.29 is 9.59 Å². The van der Waals surface area contributed by atoms with Crippen LogP contribution in [0.25, 0.3) is 6.08 Å². The maximum atomic E-state index is 12.4. The Morgan fingerprint density at radius 3 is 2.67 bits per heavy atom. The molecule has 2 aromatic carbocycles. The van der Waals surface area contributed by atoms with Gasteiger partial charge in [-0.15, -0.1) is 11.3 Å². The van der Waals surface area contributed by atoms with E-state index in [0.717, 1.165) is 5.56 Å². The third-order valence-corrected chi connectivity index (χ3v) is 5.11. The number of aromatic nitrogens is 1. The third-order valence-electron chi connectivity index (χ3n) is 4.04. The van der Waals surface area contributed by atoms with Crippen LogP contribution >= 0.6 is 22.9 Å². The number of carbonyl (C=O) groups is 2. The van der Waals surface area contributed by atoms with E-state index in [0.29, 0.717) is 28.1 Å². The van der Waals surface area contributed by atoms with Crippen LogP contribution in [0.5, 0.6) is 0 Å². The molecule has 1 aromatic heterocycles. The predicted octanol–water partition coefficient (Wildman–Crippen LogP) is 4.70. The van der Waals surface area contributed by atoms with Gasteiger partial charge in [0.05, 0.1) is 11.4 Å². The van der Waals surface area contributed by atoms with Crippen LogP contribution in [0.3, 0.4) is 0 Å². The first kappa shape index (κ1) is 21.2. The Labute approximate surface area is 183 Å². The standard InChI is InChI=1S/C22H17ClN4O2S/c1-15(28)27(20-9-5-8-18(23)11-20)22-26-19(14-30-22)10-17(12-24)21(29)25-13-16-6-3-2-4-7-16/h2-11,14H,13H2,1H3,(H,25,29)/b17-10+. The van der Waals surface area contributed by atoms with Crippen LogP contribution in [0.2, 0.25) is 5.02 Å². The van der Waals surface area contributed by atoms with E-state index in [1.165, 1.54) is 29.2 Å². The van der Waals surface area contributed by atoms with Crippen molar-refractivity contribution in [2.75, 3.05) is 4.90 Å². The highest BCUT2D eigenvalue weighted by molar-refractivity contribution is 7.14. The highest BCUT2D eigenvalue weighted by Gasteiger charge is 2.18. The number of nitriles is 1. The summed E-state index contributed by atoms with van der Waals surface area (Å²) in [7, 11) is 0. The van der Waals surface area contributed by atoms with Crippen LogP contribution in [-0.4, -0.2) is 16.8 Å². The van der Waals surface area contributed by atoms with Gasteiger partial charge >= 0.3 is 0 Å². The molecule has 0 saturated heterocycles. The van der Waals surface area contributed by atoms with Gasteiger partial charge in [0, 0.05) is 23.9 Å². The highest BCUT2D eigenvalue weighted by Crippen LogP contribution is 2.31. The lowest BCUT2D eigenvalue weighted by molar-refractivity contribution is -0.117. The van der Waals surface area contributed by atoms with Gasteiger partial charge in [0.25, 0.3) is 5.91 Å². The number of anilines is 2. The SMILES string of the molecule is CC(=O)N(c1cccc(Cl)c1)c1nc(/C=C(\C#N)C(=O)NCc2ccccc2)cs1. The Morgan fingerprint density at radius 2 is 2.00 bits per heavy atom. The molecule has 0 aliphatic carbocycles. The number of benzene rings is 2. The number of thiazole rings is 1. The minimum atomic E-state index is -0.492. The molecular formula is C22H17ClN4O2S. The molecular weight excluding hydrogens is 420 g/mol. The predicted molar refractivity (Wildman–Crippen MR) is 118 cm³/mol. The molecule has 0 spiro atoms. The Bertz CT molecular complexity index is 1140. The molecule has 1 N–H and O–H groups in total. The summed E-state index contributed by atoms with van der Waals surface area (Å²) in [6, 6.07) is 18.2. The number of hydrogen-bond donors (Lipinski definition) is 1. The molecule has 3 rings (SSSR count). The Hall–Kier alpha value is -3.47. The van der Waals surface area contributed by atoms with E-state index in [1.807, 2.05) is 36.4 Å². The second-order valence-electron chi connectivity index (χ2n) is 6.23. The summed E-state index contributed by atoms with van der Waals surface area (Å²) in [5, 5.41) is 14.7. The molecule has 2 amide bonds. The lowest BCUT2D eigenvalue weighted by Gasteiger charge is -2.18. The fourth-order valence-electron chi connectivity index (χ4n) is 2.66. The molecule has 0 aliphatic rings. The first-order valence-electron chi connectivity index (χ1n) is 8.93. The summed E-state index contributed by atoms with van der Waals surface area (Å²) in [4.78, 5) is 30.4. The first-order valence-corrected chi connectivity index (χ1v) is 10.2. The van der Waals surface area contributed by atoms with Gasteiger partial charge in [-0.3, -0.25) is 14.5 Å². The molecule has 8 heteroatoms.